The van der Waals surface area contributed by atoms with Crippen LogP contribution in [0.3, 0.4) is 0 Å². The molecule has 0 spiro atoms. The molecular formula is C13H14ClN3O3S. The summed E-state index contributed by atoms with van der Waals surface area (Å²) in [5, 5.41) is 7.41. The Morgan fingerprint density at radius 2 is 1.86 bits per heavy atom. The predicted molar refractivity (Wildman–Crippen MR) is 80.1 cm³/mol. The average molecular weight is 328 g/mol. The van der Waals surface area contributed by atoms with Gasteiger partial charge in [-0.2, -0.15) is 0 Å². The highest BCUT2D eigenvalue weighted by atomic mass is 35.5. The smallest absolute Gasteiger partial charge is 0.263 e. The van der Waals surface area contributed by atoms with Gasteiger partial charge in [0, 0.05) is 0 Å². The van der Waals surface area contributed by atoms with Crippen LogP contribution in [0.25, 0.3) is 0 Å². The van der Waals surface area contributed by atoms with E-state index in [1.807, 2.05) is 6.92 Å². The molecule has 0 aliphatic rings. The summed E-state index contributed by atoms with van der Waals surface area (Å²) in [6.07, 6.45) is 0.886. The van der Waals surface area contributed by atoms with E-state index < -0.39 is 10.0 Å². The molecule has 0 saturated carbocycles. The fourth-order valence-electron chi connectivity index (χ4n) is 1.50. The van der Waals surface area contributed by atoms with E-state index in [0.717, 1.165) is 6.42 Å². The first-order chi connectivity index (χ1) is 10.0. The number of rotatable bonds is 6. The summed E-state index contributed by atoms with van der Waals surface area (Å²) < 4.78 is 32.0. The maximum Gasteiger partial charge on any atom is 0.263 e. The van der Waals surface area contributed by atoms with Gasteiger partial charge in [0.05, 0.1) is 11.5 Å². The van der Waals surface area contributed by atoms with Gasteiger partial charge in [-0.1, -0.05) is 18.5 Å². The van der Waals surface area contributed by atoms with Gasteiger partial charge < -0.3 is 4.74 Å². The summed E-state index contributed by atoms with van der Waals surface area (Å²) in [6, 6.07) is 9.04. The minimum Gasteiger partial charge on any atom is -0.494 e. The molecule has 1 N–H and O–H groups in total. The summed E-state index contributed by atoms with van der Waals surface area (Å²) in [5.74, 6) is 0.729. The van der Waals surface area contributed by atoms with E-state index in [1.54, 1.807) is 12.1 Å². The van der Waals surface area contributed by atoms with Crippen molar-refractivity contribution in [3.8, 4) is 5.75 Å². The Bertz CT molecular complexity index is 688. The predicted octanol–water partition coefficient (Wildman–Crippen LogP) is 2.72. The lowest BCUT2D eigenvalue weighted by molar-refractivity contribution is 0.317. The SMILES string of the molecule is CCCOc1ccc(S(=O)(=O)Nc2ccc(Cl)nn2)cc1. The Balaban J connectivity index is 2.13. The third kappa shape index (κ3) is 4.30. The number of benzene rings is 1. The summed E-state index contributed by atoms with van der Waals surface area (Å²) in [6.45, 7) is 2.58. The quantitative estimate of drug-likeness (QED) is 0.882. The number of nitrogens with one attached hydrogen (secondary N) is 1. The molecule has 2 aromatic rings. The first kappa shape index (κ1) is 15.5. The fraction of sp³-hybridized carbons (Fsp3) is 0.231. The molecule has 0 fully saturated rings. The second kappa shape index (κ2) is 6.73. The molecule has 2 rings (SSSR count). The van der Waals surface area contributed by atoms with Gasteiger partial charge >= 0.3 is 0 Å². The molecule has 1 heterocycles. The molecule has 0 aliphatic carbocycles. The van der Waals surface area contributed by atoms with E-state index in [4.69, 9.17) is 16.3 Å². The van der Waals surface area contributed by atoms with Crippen LogP contribution in [-0.4, -0.2) is 25.2 Å². The van der Waals surface area contributed by atoms with Crippen LogP contribution in [0.2, 0.25) is 5.15 Å². The summed E-state index contributed by atoms with van der Waals surface area (Å²) in [5.41, 5.74) is 0. The van der Waals surface area contributed by atoms with Crippen molar-refractivity contribution in [2.24, 2.45) is 0 Å². The number of anilines is 1. The fourth-order valence-corrected chi connectivity index (χ4v) is 2.60. The van der Waals surface area contributed by atoms with Crippen LogP contribution in [-0.2, 0) is 10.0 Å². The Hall–Kier alpha value is -1.86. The highest BCUT2D eigenvalue weighted by molar-refractivity contribution is 7.92. The van der Waals surface area contributed by atoms with Crippen LogP contribution >= 0.6 is 11.6 Å². The molecule has 1 aromatic heterocycles. The topological polar surface area (TPSA) is 81.2 Å². The molecule has 6 nitrogen and oxygen atoms in total. The van der Waals surface area contributed by atoms with Gasteiger partial charge in [0.2, 0.25) is 0 Å². The Morgan fingerprint density at radius 1 is 1.14 bits per heavy atom. The van der Waals surface area contributed by atoms with Gasteiger partial charge in [0.15, 0.2) is 11.0 Å². The number of ether oxygens (including phenoxy) is 1. The number of nitrogens with zero attached hydrogens (tertiary/aromatic N) is 2. The maximum atomic E-state index is 12.2. The molecule has 0 aliphatic heterocycles. The van der Waals surface area contributed by atoms with Crippen molar-refractivity contribution < 1.29 is 13.2 Å². The van der Waals surface area contributed by atoms with Crippen LogP contribution in [0.5, 0.6) is 5.75 Å². The number of sulfonamides is 1. The van der Waals surface area contributed by atoms with Gasteiger partial charge in [-0.05, 0) is 42.8 Å². The van der Waals surface area contributed by atoms with E-state index >= 15 is 0 Å². The lowest BCUT2D eigenvalue weighted by Gasteiger charge is -2.08. The number of halogens is 1. The van der Waals surface area contributed by atoms with Gasteiger partial charge in [0.1, 0.15) is 5.75 Å². The Morgan fingerprint density at radius 3 is 2.43 bits per heavy atom. The minimum atomic E-state index is -3.71. The van der Waals surface area contributed by atoms with E-state index in [0.29, 0.717) is 12.4 Å². The van der Waals surface area contributed by atoms with Crippen molar-refractivity contribution in [2.75, 3.05) is 11.3 Å². The van der Waals surface area contributed by atoms with Crippen molar-refractivity contribution in [1.29, 1.82) is 0 Å². The summed E-state index contributed by atoms with van der Waals surface area (Å²) in [7, 11) is -3.71. The van der Waals surface area contributed by atoms with Crippen molar-refractivity contribution in [3.05, 3.63) is 41.6 Å². The van der Waals surface area contributed by atoms with Crippen LogP contribution in [0.1, 0.15) is 13.3 Å². The Labute approximate surface area is 128 Å². The van der Waals surface area contributed by atoms with Crippen LogP contribution < -0.4 is 9.46 Å². The highest BCUT2D eigenvalue weighted by Gasteiger charge is 2.15. The number of hydrogen-bond donors (Lipinski definition) is 1. The average Bonchev–Trinajstić information content (AvgIpc) is 2.48. The first-order valence-electron chi connectivity index (χ1n) is 6.26. The lowest BCUT2D eigenvalue weighted by Crippen LogP contribution is -2.14. The van der Waals surface area contributed by atoms with Gasteiger partial charge in [-0.15, -0.1) is 10.2 Å². The number of aromatic nitrogens is 2. The molecule has 0 atom stereocenters. The molecule has 0 bridgehead atoms. The van der Waals surface area contributed by atoms with E-state index in [-0.39, 0.29) is 15.9 Å². The molecule has 112 valence electrons. The monoisotopic (exact) mass is 327 g/mol. The van der Waals surface area contributed by atoms with Crippen molar-refractivity contribution in [3.63, 3.8) is 0 Å². The molecule has 1 aromatic carbocycles. The van der Waals surface area contributed by atoms with Gasteiger partial charge in [-0.25, -0.2) is 8.42 Å². The molecule has 0 amide bonds. The zero-order valence-corrected chi connectivity index (χ0v) is 12.9. The summed E-state index contributed by atoms with van der Waals surface area (Å²) >= 11 is 5.59. The number of hydrogen-bond acceptors (Lipinski definition) is 5. The minimum absolute atomic E-state index is 0.103. The third-order valence-corrected chi connectivity index (χ3v) is 4.05. The van der Waals surface area contributed by atoms with E-state index in [2.05, 4.69) is 14.9 Å². The zero-order valence-electron chi connectivity index (χ0n) is 11.3. The second-order valence-electron chi connectivity index (χ2n) is 4.17. The Kier molecular flexibility index (Phi) is 4.98. The largest absolute Gasteiger partial charge is 0.494 e. The van der Waals surface area contributed by atoms with Crippen LogP contribution in [0.4, 0.5) is 5.82 Å². The second-order valence-corrected chi connectivity index (χ2v) is 6.24. The zero-order chi connectivity index (χ0) is 15.3. The third-order valence-electron chi connectivity index (χ3n) is 2.48. The molecule has 0 radical (unpaired) electrons. The molecule has 0 unspecified atom stereocenters. The van der Waals surface area contributed by atoms with E-state index in [9.17, 15) is 8.42 Å². The molecule has 0 saturated heterocycles. The standard InChI is InChI=1S/C13H14ClN3O3S/c1-2-9-20-10-3-5-11(6-4-10)21(18,19)17-13-8-7-12(14)15-16-13/h3-8H,2,9H2,1H3,(H,16,17). The molecular weight excluding hydrogens is 314 g/mol. The highest BCUT2D eigenvalue weighted by Crippen LogP contribution is 2.18. The van der Waals surface area contributed by atoms with Crippen molar-refractivity contribution >= 4 is 27.4 Å². The van der Waals surface area contributed by atoms with E-state index in [1.165, 1.54) is 24.3 Å². The van der Waals surface area contributed by atoms with Crippen molar-refractivity contribution in [2.45, 2.75) is 18.2 Å². The van der Waals surface area contributed by atoms with Crippen LogP contribution in [0, 0.1) is 0 Å². The first-order valence-corrected chi connectivity index (χ1v) is 8.12. The van der Waals surface area contributed by atoms with Crippen molar-refractivity contribution in [1.82, 2.24) is 10.2 Å². The molecule has 21 heavy (non-hydrogen) atoms. The molecule has 8 heteroatoms. The van der Waals surface area contributed by atoms with Crippen LogP contribution in [0.15, 0.2) is 41.3 Å². The normalized spacial score (nSPS) is 11.1. The maximum absolute atomic E-state index is 12.2. The lowest BCUT2D eigenvalue weighted by atomic mass is 10.3. The summed E-state index contributed by atoms with van der Waals surface area (Å²) in [4.78, 5) is 0.114. The van der Waals surface area contributed by atoms with Gasteiger partial charge in [-0.3, -0.25) is 4.72 Å². The van der Waals surface area contributed by atoms with Gasteiger partial charge in [0.25, 0.3) is 10.0 Å².